The number of H-pyrrole nitrogens is 1. The second kappa shape index (κ2) is 8.72. The van der Waals surface area contributed by atoms with Gasteiger partial charge in [-0.1, -0.05) is 41.4 Å². The van der Waals surface area contributed by atoms with Crippen molar-refractivity contribution in [3.05, 3.63) is 52.6 Å². The molecule has 3 rings (SSSR count). The Balaban J connectivity index is 1.88. The van der Waals surface area contributed by atoms with Crippen molar-refractivity contribution < 1.29 is 30.0 Å². The van der Waals surface area contributed by atoms with Crippen molar-refractivity contribution in [2.24, 2.45) is 0 Å². The monoisotopic (exact) mass is 530 g/mol. The number of para-hydroxylation sites is 1. The van der Waals surface area contributed by atoms with Gasteiger partial charge in [0.25, 0.3) is 0 Å². The third-order valence-electron chi connectivity index (χ3n) is 4.32. The fourth-order valence-corrected chi connectivity index (χ4v) is 6.30. The summed E-state index contributed by atoms with van der Waals surface area (Å²) in [4.78, 5) is 1.60. The summed E-state index contributed by atoms with van der Waals surface area (Å²) < 4.78 is 94.2. The number of halogens is 5. The Morgan fingerprint density at radius 2 is 1.72 bits per heavy atom. The van der Waals surface area contributed by atoms with Gasteiger partial charge in [-0.15, -0.1) is 0 Å². The minimum absolute atomic E-state index is 0.0229. The molecule has 0 saturated carbocycles. The molecule has 0 amide bonds. The van der Waals surface area contributed by atoms with Gasteiger partial charge in [0.05, 0.1) is 10.7 Å². The summed E-state index contributed by atoms with van der Waals surface area (Å²) in [7, 11) is -9.33. The Hall–Kier alpha value is -2.03. The lowest BCUT2D eigenvalue weighted by Crippen LogP contribution is -2.52. The zero-order valence-electron chi connectivity index (χ0n) is 15.7. The number of hydrogen-bond donors (Lipinski definition) is 4. The van der Waals surface area contributed by atoms with Crippen LogP contribution in [0.15, 0.2) is 52.4 Å². The normalized spacial score (nSPS) is 14.0. The number of sulfonamides is 2. The van der Waals surface area contributed by atoms with E-state index in [9.17, 15) is 30.0 Å². The van der Waals surface area contributed by atoms with E-state index in [1.54, 1.807) is 22.9 Å². The second-order valence-electron chi connectivity index (χ2n) is 6.57. The Labute approximate surface area is 191 Å². The highest BCUT2D eigenvalue weighted by Gasteiger charge is 2.43. The van der Waals surface area contributed by atoms with Crippen LogP contribution < -0.4 is 15.2 Å². The first-order chi connectivity index (χ1) is 14.7. The van der Waals surface area contributed by atoms with E-state index in [0.29, 0.717) is 5.52 Å². The van der Waals surface area contributed by atoms with Crippen LogP contribution in [-0.2, 0) is 20.0 Å². The molecule has 2 aromatic carbocycles. The average Bonchev–Trinajstić information content (AvgIpc) is 3.08. The predicted molar refractivity (Wildman–Crippen MR) is 115 cm³/mol. The number of hydrogen-bond acceptors (Lipinski definition) is 5. The number of fused-ring (bicyclic) bond motifs is 1. The lowest BCUT2D eigenvalue weighted by atomic mass is 10.2. The van der Waals surface area contributed by atoms with Crippen LogP contribution in [0.2, 0.25) is 10.0 Å². The van der Waals surface area contributed by atoms with E-state index in [2.05, 4.69) is 4.98 Å². The van der Waals surface area contributed by atoms with Crippen molar-refractivity contribution in [1.82, 2.24) is 14.4 Å². The minimum Gasteiger partial charge on any atom is -0.398 e. The van der Waals surface area contributed by atoms with Gasteiger partial charge in [0.1, 0.15) is 15.8 Å². The van der Waals surface area contributed by atoms with Crippen LogP contribution in [0.5, 0.6) is 0 Å². The summed E-state index contributed by atoms with van der Waals surface area (Å²) in [6.07, 6.45) is -4.03. The fraction of sp³-hybridized carbons (Fsp3) is 0.176. The van der Waals surface area contributed by atoms with Crippen LogP contribution in [0.1, 0.15) is 0 Å². The van der Waals surface area contributed by atoms with E-state index in [1.165, 1.54) is 10.8 Å². The quantitative estimate of drug-likeness (QED) is 0.348. The van der Waals surface area contributed by atoms with Gasteiger partial charge in [-0.2, -0.15) is 17.9 Å². The maximum atomic E-state index is 13.5. The number of nitrogens with two attached hydrogens (primary N) is 1. The highest BCUT2D eigenvalue weighted by Crippen LogP contribution is 2.32. The molecular weight excluding hydrogens is 516 g/mol. The second-order valence-corrected chi connectivity index (χ2v) is 10.8. The van der Waals surface area contributed by atoms with Crippen LogP contribution in [0.3, 0.4) is 0 Å². The molecule has 5 N–H and O–H groups in total. The first kappa shape index (κ1) is 24.6. The van der Waals surface area contributed by atoms with Crippen LogP contribution in [0.25, 0.3) is 10.9 Å². The zero-order chi connectivity index (χ0) is 23.9. The van der Waals surface area contributed by atoms with Crippen LogP contribution in [0, 0.1) is 0 Å². The van der Waals surface area contributed by atoms with E-state index in [4.69, 9.17) is 28.9 Å². The van der Waals surface area contributed by atoms with Crippen LogP contribution in [-0.4, -0.2) is 40.6 Å². The molecule has 0 aliphatic carbocycles. The number of alkyl halides is 3. The van der Waals surface area contributed by atoms with Crippen molar-refractivity contribution in [2.75, 3.05) is 12.3 Å². The van der Waals surface area contributed by atoms with E-state index >= 15 is 0 Å². The van der Waals surface area contributed by atoms with Gasteiger partial charge in [0.2, 0.25) is 20.0 Å². The molecule has 0 radical (unpaired) electrons. The van der Waals surface area contributed by atoms with Gasteiger partial charge < -0.3 is 10.7 Å². The molecule has 1 atom stereocenters. The van der Waals surface area contributed by atoms with Gasteiger partial charge in [-0.05, 0) is 18.2 Å². The first-order valence-electron chi connectivity index (χ1n) is 8.62. The van der Waals surface area contributed by atoms with Gasteiger partial charge in [-0.3, -0.25) is 0 Å². The van der Waals surface area contributed by atoms with Crippen LogP contribution in [0.4, 0.5) is 18.9 Å². The van der Waals surface area contributed by atoms with E-state index in [1.807, 2.05) is 0 Å². The smallest absolute Gasteiger partial charge is 0.398 e. The van der Waals surface area contributed by atoms with Crippen molar-refractivity contribution in [3.8, 4) is 0 Å². The molecule has 0 saturated heterocycles. The summed E-state index contributed by atoms with van der Waals surface area (Å²) in [5.41, 5.74) is 5.55. The molecule has 8 nitrogen and oxygen atoms in total. The molecule has 0 spiro atoms. The van der Waals surface area contributed by atoms with E-state index in [-0.39, 0.29) is 15.3 Å². The molecule has 1 unspecified atom stereocenters. The Morgan fingerprint density at radius 1 is 1.06 bits per heavy atom. The number of benzene rings is 2. The minimum atomic E-state index is -5.15. The average molecular weight is 531 g/mol. The predicted octanol–water partition coefficient (Wildman–Crippen LogP) is 3.24. The summed E-state index contributed by atoms with van der Waals surface area (Å²) >= 11 is 11.5. The highest BCUT2D eigenvalue weighted by atomic mass is 35.5. The molecule has 0 aliphatic rings. The molecule has 174 valence electrons. The summed E-state index contributed by atoms with van der Waals surface area (Å²) in [5.74, 6) is 0. The number of aromatic nitrogens is 1. The van der Waals surface area contributed by atoms with Crippen molar-refractivity contribution in [2.45, 2.75) is 22.0 Å². The van der Waals surface area contributed by atoms with Crippen molar-refractivity contribution in [1.29, 1.82) is 0 Å². The maximum absolute atomic E-state index is 13.5. The maximum Gasteiger partial charge on any atom is 0.406 e. The zero-order valence-corrected chi connectivity index (χ0v) is 18.9. The molecule has 32 heavy (non-hydrogen) atoms. The van der Waals surface area contributed by atoms with Gasteiger partial charge in [0, 0.05) is 28.7 Å². The first-order valence-corrected chi connectivity index (χ1v) is 12.3. The lowest BCUT2D eigenvalue weighted by Gasteiger charge is -2.22. The summed E-state index contributed by atoms with van der Waals surface area (Å²) in [5, 5.41) is -0.266. The van der Waals surface area contributed by atoms with E-state index < -0.39 is 54.4 Å². The number of nitrogen functional groups attached to an aromatic ring is 1. The standard InChI is InChI=1S/C17H15Cl2F3N4O4S2/c18-9-5-11(19)16(12(23)6-9)32(29,30)26-15(17(20,21)22)8-25-31(27,28)14-7-24-13-4-2-1-3-10(13)14/h1-7,15,24-26H,8,23H2. The summed E-state index contributed by atoms with van der Waals surface area (Å²) in [6.45, 7) is -1.32. The SMILES string of the molecule is Nc1cc(Cl)cc(Cl)c1S(=O)(=O)NC(CNS(=O)(=O)c1c[nH]c2ccccc12)C(F)(F)F. The molecule has 0 bridgehead atoms. The Morgan fingerprint density at radius 3 is 2.34 bits per heavy atom. The van der Waals surface area contributed by atoms with Crippen LogP contribution >= 0.6 is 23.2 Å². The summed E-state index contributed by atoms with van der Waals surface area (Å²) in [6, 6.07) is 5.43. The molecule has 3 aromatic rings. The third-order valence-corrected chi connectivity index (χ3v) is 8.00. The Kier molecular flexibility index (Phi) is 6.71. The highest BCUT2D eigenvalue weighted by molar-refractivity contribution is 7.90. The Bertz CT molecular complexity index is 1350. The van der Waals surface area contributed by atoms with Gasteiger partial charge in [-0.25, -0.2) is 21.6 Å². The number of aromatic amines is 1. The molecule has 15 heteroatoms. The molecule has 1 heterocycles. The van der Waals surface area contributed by atoms with Gasteiger partial charge in [0.15, 0.2) is 0 Å². The molecular formula is C17H15Cl2F3N4O4S2. The van der Waals surface area contributed by atoms with Crippen molar-refractivity contribution in [3.63, 3.8) is 0 Å². The lowest BCUT2D eigenvalue weighted by molar-refractivity contribution is -0.149. The largest absolute Gasteiger partial charge is 0.406 e. The van der Waals surface area contributed by atoms with Gasteiger partial charge >= 0.3 is 6.18 Å². The molecule has 0 aliphatic heterocycles. The number of anilines is 1. The van der Waals surface area contributed by atoms with E-state index in [0.717, 1.165) is 18.3 Å². The molecule has 1 aromatic heterocycles. The third kappa shape index (κ3) is 5.13. The fourth-order valence-electron chi connectivity index (χ4n) is 2.87. The van der Waals surface area contributed by atoms with Crippen molar-refractivity contribution >= 4 is 59.8 Å². The molecule has 0 fully saturated rings. The number of nitrogens with one attached hydrogen (secondary N) is 3. The topological polar surface area (TPSA) is 134 Å². The number of rotatable bonds is 7.